The van der Waals surface area contributed by atoms with E-state index in [9.17, 15) is 20.1 Å². The van der Waals surface area contributed by atoms with E-state index in [2.05, 4.69) is 48.5 Å². The third-order valence-electron chi connectivity index (χ3n) is 14.4. The smallest absolute Gasteiger partial charge is 0.308 e. The number of aliphatic hydroxyl groups is 2. The van der Waals surface area contributed by atoms with E-state index < -0.39 is 41.3 Å². The highest BCUT2D eigenvalue weighted by atomic mass is 16.7. The molecule has 3 N–H and O–H groups in total. The Kier molecular flexibility index (Phi) is 11.4. The van der Waals surface area contributed by atoms with Crippen LogP contribution in [0.5, 0.6) is 0 Å². The van der Waals surface area contributed by atoms with Crippen LogP contribution < -0.4 is 0 Å². The molecule has 11 heteroatoms. The van der Waals surface area contributed by atoms with Crippen molar-refractivity contribution in [3.63, 3.8) is 0 Å². The van der Waals surface area contributed by atoms with Crippen molar-refractivity contribution in [2.45, 2.75) is 192 Å². The number of aliphatic carboxylic acids is 1. The molecule has 0 aromatic carbocycles. The summed E-state index contributed by atoms with van der Waals surface area (Å²) < 4.78 is 47.0. The Morgan fingerprint density at radius 1 is 0.863 bits per heavy atom. The Morgan fingerprint density at radius 2 is 1.59 bits per heavy atom. The first-order valence-corrected chi connectivity index (χ1v) is 20.0. The Morgan fingerprint density at radius 3 is 2.25 bits per heavy atom. The molecule has 6 aliphatic rings. The van der Waals surface area contributed by atoms with Crippen molar-refractivity contribution in [1.29, 1.82) is 0 Å². The summed E-state index contributed by atoms with van der Waals surface area (Å²) >= 11 is 0. The fraction of sp³-hybridized carbons (Fsp3) is 0.975. The highest BCUT2D eigenvalue weighted by Gasteiger charge is 2.65. The fourth-order valence-electron chi connectivity index (χ4n) is 11.3. The Bertz CT molecular complexity index is 1230. The SMILES string of the molecule is COC1CC(CC2CCC(C)C(C(C)C(=O)O)O2)OC2(OC(C)(C3CCC(C)(C4OC(C5OC(O)(CO)C(C)CC5C)CC4C)O3)CC2C)C1C. The zero-order valence-electron chi connectivity index (χ0n) is 32.8. The maximum absolute atomic E-state index is 11.8. The summed E-state index contributed by atoms with van der Waals surface area (Å²) in [5.74, 6) is -3.26. The van der Waals surface area contributed by atoms with E-state index in [4.69, 9.17) is 33.2 Å². The number of carboxylic acids is 1. The van der Waals surface area contributed by atoms with Crippen molar-refractivity contribution in [3.05, 3.63) is 0 Å². The molecule has 6 aliphatic heterocycles. The third-order valence-corrected chi connectivity index (χ3v) is 14.4. The number of ether oxygens (including phenoxy) is 7. The van der Waals surface area contributed by atoms with E-state index in [1.807, 2.05) is 6.92 Å². The van der Waals surface area contributed by atoms with E-state index in [0.29, 0.717) is 6.42 Å². The maximum Gasteiger partial charge on any atom is 0.308 e. The normalized spacial score (nSPS) is 54.2. The summed E-state index contributed by atoms with van der Waals surface area (Å²) in [5, 5.41) is 30.7. The molecule has 51 heavy (non-hydrogen) atoms. The summed E-state index contributed by atoms with van der Waals surface area (Å²) in [5.41, 5.74) is -1.10. The molecule has 0 aromatic rings. The van der Waals surface area contributed by atoms with Crippen molar-refractivity contribution in [2.75, 3.05) is 13.7 Å². The number of rotatable bonds is 9. The van der Waals surface area contributed by atoms with Crippen molar-refractivity contribution >= 4 is 5.97 Å². The van der Waals surface area contributed by atoms with Crippen LogP contribution in [-0.4, -0.2) is 107 Å². The van der Waals surface area contributed by atoms with Gasteiger partial charge in [0.05, 0.1) is 72.6 Å². The zero-order chi connectivity index (χ0) is 37.3. The molecule has 0 aromatic heterocycles. The second kappa shape index (κ2) is 14.6. The third kappa shape index (κ3) is 7.19. The van der Waals surface area contributed by atoms with Gasteiger partial charge in [0.2, 0.25) is 0 Å². The van der Waals surface area contributed by atoms with Crippen molar-refractivity contribution in [3.8, 4) is 0 Å². The predicted molar refractivity (Wildman–Crippen MR) is 189 cm³/mol. The van der Waals surface area contributed by atoms with Gasteiger partial charge in [-0.25, -0.2) is 0 Å². The molecule has 294 valence electrons. The van der Waals surface area contributed by atoms with Crippen molar-refractivity contribution in [2.24, 2.45) is 41.4 Å². The zero-order valence-corrected chi connectivity index (χ0v) is 32.8. The summed E-state index contributed by atoms with van der Waals surface area (Å²) in [6.45, 7) is 18.4. The highest BCUT2D eigenvalue weighted by Crippen LogP contribution is 2.57. The molecule has 6 fully saturated rings. The van der Waals surface area contributed by atoms with Crippen molar-refractivity contribution < 1.29 is 53.3 Å². The quantitative estimate of drug-likeness (QED) is 0.269. The van der Waals surface area contributed by atoms with Gasteiger partial charge in [-0.05, 0) is 83.5 Å². The van der Waals surface area contributed by atoms with Gasteiger partial charge in [-0.1, -0.05) is 41.5 Å². The summed E-state index contributed by atoms with van der Waals surface area (Å²) in [6, 6.07) is 0. The molecule has 19 atom stereocenters. The topological polar surface area (TPSA) is 142 Å². The van der Waals surface area contributed by atoms with Gasteiger partial charge in [0, 0.05) is 37.7 Å². The first-order chi connectivity index (χ1) is 23.9. The van der Waals surface area contributed by atoms with Gasteiger partial charge in [0.25, 0.3) is 0 Å². The largest absolute Gasteiger partial charge is 0.481 e. The number of methoxy groups -OCH3 is 1. The molecule has 0 aliphatic carbocycles. The van der Waals surface area contributed by atoms with Gasteiger partial charge in [-0.3, -0.25) is 4.79 Å². The van der Waals surface area contributed by atoms with E-state index >= 15 is 0 Å². The molecule has 0 radical (unpaired) electrons. The fourth-order valence-corrected chi connectivity index (χ4v) is 11.3. The number of hydrogen-bond donors (Lipinski definition) is 3. The molecule has 19 unspecified atom stereocenters. The van der Waals surface area contributed by atoms with Crippen LogP contribution >= 0.6 is 0 Å². The Balaban J connectivity index is 1.13. The van der Waals surface area contributed by atoms with Gasteiger partial charge in [-0.2, -0.15) is 0 Å². The Hall–Kier alpha value is -0.890. The molecule has 0 bridgehead atoms. The van der Waals surface area contributed by atoms with E-state index in [1.54, 1.807) is 14.0 Å². The van der Waals surface area contributed by atoms with Crippen LogP contribution in [0.25, 0.3) is 0 Å². The highest BCUT2D eigenvalue weighted by molar-refractivity contribution is 5.70. The average Bonchev–Trinajstić information content (AvgIpc) is 3.75. The maximum atomic E-state index is 11.8. The molecular weight excluding hydrogens is 656 g/mol. The van der Waals surface area contributed by atoms with Crippen LogP contribution in [0.1, 0.15) is 120 Å². The van der Waals surface area contributed by atoms with Gasteiger partial charge in [0.1, 0.15) is 0 Å². The van der Waals surface area contributed by atoms with Crippen molar-refractivity contribution in [1.82, 2.24) is 0 Å². The second-order valence-electron chi connectivity index (χ2n) is 18.4. The summed E-state index contributed by atoms with van der Waals surface area (Å²) in [6.07, 6.45) is 5.85. The van der Waals surface area contributed by atoms with Crippen LogP contribution in [0.15, 0.2) is 0 Å². The number of carboxylic acid groups (broad SMARTS) is 1. The van der Waals surface area contributed by atoms with E-state index in [-0.39, 0.29) is 84.3 Å². The lowest BCUT2D eigenvalue weighted by molar-refractivity contribution is -0.353. The molecule has 0 saturated carbocycles. The van der Waals surface area contributed by atoms with E-state index in [0.717, 1.165) is 51.4 Å². The first-order valence-electron chi connectivity index (χ1n) is 20.0. The molecule has 0 amide bonds. The van der Waals surface area contributed by atoms with Gasteiger partial charge in [-0.15, -0.1) is 0 Å². The number of carbonyl (C=O) groups is 1. The molecule has 11 nitrogen and oxygen atoms in total. The van der Waals surface area contributed by atoms with Gasteiger partial charge < -0.3 is 48.5 Å². The lowest BCUT2D eigenvalue weighted by Gasteiger charge is -2.50. The number of aliphatic hydroxyl groups excluding tert-OH is 1. The molecule has 1 spiro atoms. The Labute approximate surface area is 305 Å². The summed E-state index contributed by atoms with van der Waals surface area (Å²) in [4.78, 5) is 11.8. The standard InChI is InChI=1S/C40H68O11/c1-21-11-12-28(46-33(21)26(6)36(42)43)17-29-18-30(45-10)27(7)40(48-29)25(5)19-38(9,51-40)32-13-14-37(8,49-32)35-23(3)16-31(47-35)34-22(2)15-24(4)39(44,20-41)50-34/h21-35,41,44H,11-20H2,1-10H3,(H,42,43). The first kappa shape index (κ1) is 39.8. The lowest BCUT2D eigenvalue weighted by atomic mass is 9.78. The minimum atomic E-state index is -1.55. The lowest BCUT2D eigenvalue weighted by Crippen LogP contribution is -2.58. The second-order valence-corrected chi connectivity index (χ2v) is 18.4. The van der Waals surface area contributed by atoms with Crippen LogP contribution in [0.3, 0.4) is 0 Å². The monoisotopic (exact) mass is 724 g/mol. The van der Waals surface area contributed by atoms with Gasteiger partial charge >= 0.3 is 5.97 Å². The van der Waals surface area contributed by atoms with Crippen LogP contribution in [0, 0.1) is 41.4 Å². The van der Waals surface area contributed by atoms with Crippen LogP contribution in [-0.2, 0) is 38.0 Å². The summed E-state index contributed by atoms with van der Waals surface area (Å²) in [7, 11) is 1.77. The molecular formula is C40H68O11. The van der Waals surface area contributed by atoms with Gasteiger partial charge in [0.15, 0.2) is 11.6 Å². The minimum absolute atomic E-state index is 0.00727. The predicted octanol–water partition coefficient (Wildman–Crippen LogP) is 5.71. The van der Waals surface area contributed by atoms with E-state index in [1.165, 1.54) is 0 Å². The van der Waals surface area contributed by atoms with Crippen LogP contribution in [0.4, 0.5) is 0 Å². The number of hydrogen-bond acceptors (Lipinski definition) is 10. The molecule has 6 rings (SSSR count). The minimum Gasteiger partial charge on any atom is -0.481 e. The van der Waals surface area contributed by atoms with Crippen LogP contribution in [0.2, 0.25) is 0 Å². The average molecular weight is 725 g/mol. The molecule has 6 heterocycles. The molecule has 6 saturated heterocycles.